The van der Waals surface area contributed by atoms with Gasteiger partial charge in [0.2, 0.25) is 5.91 Å². The zero-order valence-electron chi connectivity index (χ0n) is 26.1. The minimum Gasteiger partial charge on any atom is -0.387 e. The molecule has 0 saturated heterocycles. The monoisotopic (exact) mass is 603 g/mol. The van der Waals surface area contributed by atoms with E-state index in [1.54, 1.807) is 6.08 Å². The second-order valence-electron chi connectivity index (χ2n) is 10.3. The Labute approximate surface area is 256 Å². The van der Waals surface area contributed by atoms with Crippen molar-refractivity contribution in [3.63, 3.8) is 0 Å². The Morgan fingerprint density at radius 1 is 0.667 bits per heavy atom. The lowest BCUT2D eigenvalue weighted by molar-refractivity contribution is -0.122. The Morgan fingerprint density at radius 3 is 1.74 bits per heavy atom. The van der Waals surface area contributed by atoms with Crippen LogP contribution in [0.5, 0.6) is 0 Å². The maximum Gasteiger partial charge on any atom is 0.267 e. The van der Waals surface area contributed by atoms with Crippen LogP contribution in [-0.2, 0) is 14.9 Å². The van der Waals surface area contributed by atoms with Gasteiger partial charge in [0.15, 0.2) is 0 Å². The maximum absolute atomic E-state index is 12.4. The van der Waals surface area contributed by atoms with Gasteiger partial charge in [0.25, 0.3) is 10.1 Å². The lowest BCUT2D eigenvalue weighted by Gasteiger charge is -2.21. The van der Waals surface area contributed by atoms with Crippen molar-refractivity contribution < 1.29 is 22.9 Å². The molecule has 3 N–H and O–H groups in total. The average molecular weight is 604 g/mol. The van der Waals surface area contributed by atoms with Gasteiger partial charge in [-0.1, -0.05) is 118 Å². The molecule has 0 spiro atoms. The van der Waals surface area contributed by atoms with Gasteiger partial charge in [-0.05, 0) is 70.6 Å². The van der Waals surface area contributed by atoms with Crippen LogP contribution in [-0.4, -0.2) is 41.9 Å². The van der Waals surface area contributed by atoms with E-state index in [0.29, 0.717) is 12.8 Å². The van der Waals surface area contributed by atoms with Gasteiger partial charge in [0.05, 0.1) is 17.9 Å². The summed E-state index contributed by atoms with van der Waals surface area (Å²) in [5.74, 6) is -1.06. The van der Waals surface area contributed by atoms with Crippen LogP contribution in [0.25, 0.3) is 0 Å². The molecule has 0 radical (unpaired) electrons. The van der Waals surface area contributed by atoms with Gasteiger partial charge < -0.3 is 10.4 Å². The quantitative estimate of drug-likeness (QED) is 0.0522. The van der Waals surface area contributed by atoms with E-state index in [4.69, 9.17) is 0 Å². The Kier molecular flexibility index (Phi) is 26.9. The first-order valence-corrected chi connectivity index (χ1v) is 17.4. The summed E-state index contributed by atoms with van der Waals surface area (Å²) in [7, 11) is -4.36. The van der Waals surface area contributed by atoms with E-state index in [1.165, 1.54) is 6.08 Å². The molecule has 1 amide bonds. The van der Waals surface area contributed by atoms with Crippen LogP contribution in [0.4, 0.5) is 0 Å². The molecule has 6 nitrogen and oxygen atoms in total. The molecule has 0 aromatic rings. The highest BCUT2D eigenvalue weighted by Crippen LogP contribution is 2.07. The van der Waals surface area contributed by atoms with Crippen molar-refractivity contribution in [3.05, 3.63) is 85.1 Å². The summed E-state index contributed by atoms with van der Waals surface area (Å²) in [6.45, 7) is 4.29. The summed E-state index contributed by atoms with van der Waals surface area (Å²) < 4.78 is 32.1. The number of rotatable bonds is 26. The zero-order valence-corrected chi connectivity index (χ0v) is 26.9. The first-order chi connectivity index (χ1) is 20.3. The molecule has 42 heavy (non-hydrogen) atoms. The number of unbranched alkanes of at least 4 members (excludes halogenated alkanes) is 6. The highest BCUT2D eigenvalue weighted by Gasteiger charge is 2.24. The predicted molar refractivity (Wildman–Crippen MR) is 179 cm³/mol. The molecule has 0 rings (SSSR count). The number of carbonyl (C=O) groups is 1. The van der Waals surface area contributed by atoms with Crippen LogP contribution in [0.2, 0.25) is 0 Å². The first kappa shape index (κ1) is 39.5. The Bertz CT molecular complexity index is 973. The van der Waals surface area contributed by atoms with Crippen molar-refractivity contribution in [3.8, 4) is 0 Å². The minimum atomic E-state index is -4.36. The van der Waals surface area contributed by atoms with E-state index in [0.717, 1.165) is 77.0 Å². The van der Waals surface area contributed by atoms with E-state index in [9.17, 15) is 22.9 Å². The highest BCUT2D eigenvalue weighted by molar-refractivity contribution is 7.85. The predicted octanol–water partition coefficient (Wildman–Crippen LogP) is 8.50. The summed E-state index contributed by atoms with van der Waals surface area (Å²) in [6, 6.07) is -1.09. The second kappa shape index (κ2) is 28.6. The van der Waals surface area contributed by atoms with Crippen molar-refractivity contribution in [2.45, 2.75) is 122 Å². The fourth-order valence-corrected chi connectivity index (χ4v) is 4.68. The molecule has 0 aliphatic carbocycles. The van der Waals surface area contributed by atoms with Crippen LogP contribution in [0.1, 0.15) is 110 Å². The third kappa shape index (κ3) is 29.0. The van der Waals surface area contributed by atoms with E-state index < -0.39 is 28.0 Å². The van der Waals surface area contributed by atoms with Crippen LogP contribution in [0, 0.1) is 0 Å². The van der Waals surface area contributed by atoms with Crippen LogP contribution in [0.3, 0.4) is 0 Å². The lowest BCUT2D eigenvalue weighted by Crippen LogP contribution is -2.46. The molecule has 238 valence electrons. The summed E-state index contributed by atoms with van der Waals surface area (Å²) in [6.07, 6.45) is 41.5. The number of carbonyl (C=O) groups excluding carboxylic acids is 1. The minimum absolute atomic E-state index is 0.243. The molecule has 7 heteroatoms. The van der Waals surface area contributed by atoms with Gasteiger partial charge in [0, 0.05) is 6.42 Å². The summed E-state index contributed by atoms with van der Waals surface area (Å²) >= 11 is 0. The average Bonchev–Trinajstić information content (AvgIpc) is 2.94. The number of aliphatic hydroxyl groups is 1. The number of hydrogen-bond acceptors (Lipinski definition) is 4. The van der Waals surface area contributed by atoms with Crippen LogP contribution < -0.4 is 5.32 Å². The standard InChI is InChI=1S/C35H57NO5S/c1-3-5-7-9-11-13-14-15-16-17-18-19-20-21-22-23-25-27-29-31-35(38)36-33(32-42(39,40)41)34(37)30-28-26-24-12-10-8-6-4-2/h5,7,10-13,15-16,18-19,21-22,28,30,33-34,37H,3-4,6,8-9,14,17,20,23-27,29,31-32H2,1-2H3,(H,36,38)(H,39,40,41)/b7-5-,12-10+,13-11-,16-15-,19-18-,22-21-,30-28+. The molecule has 0 saturated carbocycles. The number of allylic oxidation sites excluding steroid dienone is 13. The van der Waals surface area contributed by atoms with E-state index in [2.05, 4.69) is 92.1 Å². The molecular weight excluding hydrogens is 546 g/mol. The van der Waals surface area contributed by atoms with Crippen LogP contribution >= 0.6 is 0 Å². The van der Waals surface area contributed by atoms with Gasteiger partial charge in [-0.2, -0.15) is 8.42 Å². The smallest absolute Gasteiger partial charge is 0.267 e. The summed E-state index contributed by atoms with van der Waals surface area (Å²) in [5.41, 5.74) is 0. The van der Waals surface area contributed by atoms with Gasteiger partial charge in [-0.3, -0.25) is 9.35 Å². The SMILES string of the molecule is CC/C=C\C/C=C\C/C=C\C/C=C\C/C=C\CCCCCC(=O)NC(CS(=O)(=O)O)C(O)/C=C/CC/C=C/CCCC. The van der Waals surface area contributed by atoms with E-state index >= 15 is 0 Å². The molecule has 0 fully saturated rings. The molecule has 2 unspecified atom stereocenters. The largest absolute Gasteiger partial charge is 0.387 e. The topological polar surface area (TPSA) is 104 Å². The Hall–Kier alpha value is -2.48. The number of hydrogen-bond donors (Lipinski definition) is 3. The highest BCUT2D eigenvalue weighted by atomic mass is 32.2. The van der Waals surface area contributed by atoms with E-state index in [1.807, 2.05) is 0 Å². The molecule has 0 aliphatic heterocycles. The molecule has 2 atom stereocenters. The molecule has 0 aromatic heterocycles. The zero-order chi connectivity index (χ0) is 31.2. The van der Waals surface area contributed by atoms with Gasteiger partial charge in [0.1, 0.15) is 0 Å². The van der Waals surface area contributed by atoms with Crippen molar-refractivity contribution in [2.24, 2.45) is 0 Å². The van der Waals surface area contributed by atoms with Crippen molar-refractivity contribution in [2.75, 3.05) is 5.75 Å². The molecular formula is C35H57NO5S. The fourth-order valence-electron chi connectivity index (χ4n) is 3.94. The Morgan fingerprint density at radius 2 is 1.17 bits per heavy atom. The second-order valence-corrected chi connectivity index (χ2v) is 11.8. The number of aliphatic hydroxyl groups excluding tert-OH is 1. The van der Waals surface area contributed by atoms with Gasteiger partial charge in [-0.15, -0.1) is 0 Å². The van der Waals surface area contributed by atoms with Gasteiger partial charge in [-0.25, -0.2) is 0 Å². The van der Waals surface area contributed by atoms with Crippen molar-refractivity contribution >= 4 is 16.0 Å². The van der Waals surface area contributed by atoms with Crippen molar-refractivity contribution in [1.29, 1.82) is 0 Å². The molecule has 0 aliphatic rings. The fraction of sp³-hybridized carbons (Fsp3) is 0.571. The summed E-state index contributed by atoms with van der Waals surface area (Å²) in [5, 5.41) is 13.0. The third-order valence-corrected chi connectivity index (χ3v) is 7.09. The van der Waals surface area contributed by atoms with Crippen molar-refractivity contribution in [1.82, 2.24) is 5.32 Å². The maximum atomic E-state index is 12.4. The molecule has 0 aromatic carbocycles. The lowest BCUT2D eigenvalue weighted by atomic mass is 10.1. The number of amides is 1. The molecule has 0 heterocycles. The Balaban J connectivity index is 4.14. The normalized spacial score (nSPS) is 14.7. The third-order valence-electron chi connectivity index (χ3n) is 6.31. The molecule has 0 bridgehead atoms. The summed E-state index contributed by atoms with van der Waals surface area (Å²) in [4.78, 5) is 12.4. The van der Waals surface area contributed by atoms with Gasteiger partial charge >= 0.3 is 0 Å². The van der Waals surface area contributed by atoms with E-state index in [-0.39, 0.29) is 12.3 Å². The first-order valence-electron chi connectivity index (χ1n) is 15.8. The number of nitrogens with one attached hydrogen (secondary N) is 1. The van der Waals surface area contributed by atoms with Crippen LogP contribution in [0.15, 0.2) is 85.1 Å².